The summed E-state index contributed by atoms with van der Waals surface area (Å²) in [5.74, 6) is 0.544. The van der Waals surface area contributed by atoms with Crippen molar-refractivity contribution in [3.63, 3.8) is 0 Å². The molecule has 1 saturated carbocycles. The molecule has 5 rings (SSSR count). The maximum absolute atomic E-state index is 13.4. The number of ether oxygens (including phenoxy) is 1. The smallest absolute Gasteiger partial charge is 0.460 e. The zero-order chi connectivity index (χ0) is 44.6. The maximum atomic E-state index is 13.4. The van der Waals surface area contributed by atoms with Crippen LogP contribution in [0.15, 0.2) is 67.1 Å². The van der Waals surface area contributed by atoms with E-state index in [1.165, 1.54) is 0 Å². The molecule has 14 heteroatoms. The number of pyridine rings is 3. The van der Waals surface area contributed by atoms with Crippen LogP contribution in [-0.4, -0.2) is 88.0 Å². The summed E-state index contributed by atoms with van der Waals surface area (Å²) in [5, 5.41) is 3.05. The monoisotopic (exact) mass is 874 g/mol. The molecular formula is C47H72BN5O6SSi. The number of nitrogens with one attached hydrogen (secondary N) is 1. The Bertz CT molecular complexity index is 1820. The molecule has 1 amide bonds. The molecule has 1 saturated heterocycles. The SMILES string of the molecule is C[C@H]1C(C)(C)CC[C@H]2OB([C@H](CCC(CC(=O)OC(C)(C)C)O[Si](C)(C)C(C)(C)C)SCCNC(=O)c3ccc(CN(Cc4ccccn4)Cc4ccccn4)nc3)O[C@]21C. The van der Waals surface area contributed by atoms with Gasteiger partial charge in [0.1, 0.15) is 5.60 Å². The molecule has 0 bridgehead atoms. The van der Waals surface area contributed by atoms with E-state index < -0.39 is 26.6 Å². The number of carbonyl (C=O) groups excluding carboxylic acids is 2. The molecule has 1 aliphatic heterocycles. The lowest BCUT2D eigenvalue weighted by molar-refractivity contribution is -0.156. The molecular weight excluding hydrogens is 802 g/mol. The van der Waals surface area contributed by atoms with Crippen LogP contribution in [0.1, 0.15) is 129 Å². The first-order valence-corrected chi connectivity index (χ1v) is 26.1. The van der Waals surface area contributed by atoms with Gasteiger partial charge in [0.05, 0.1) is 46.9 Å². The van der Waals surface area contributed by atoms with Crippen molar-refractivity contribution >= 4 is 39.1 Å². The minimum absolute atomic E-state index is 0.0110. The van der Waals surface area contributed by atoms with Gasteiger partial charge in [0.15, 0.2) is 8.32 Å². The van der Waals surface area contributed by atoms with Gasteiger partial charge in [0.2, 0.25) is 0 Å². The molecule has 1 aliphatic carbocycles. The molecule has 1 unspecified atom stereocenters. The van der Waals surface area contributed by atoms with E-state index in [-0.39, 0.29) is 46.1 Å². The Balaban J connectivity index is 1.24. The van der Waals surface area contributed by atoms with Crippen molar-refractivity contribution < 1.29 is 28.1 Å². The number of fused-ring (bicyclic) bond motifs is 1. The van der Waals surface area contributed by atoms with E-state index >= 15 is 0 Å². The molecule has 5 atom stereocenters. The summed E-state index contributed by atoms with van der Waals surface area (Å²) in [6.07, 6.45) is 8.56. The van der Waals surface area contributed by atoms with E-state index in [2.05, 4.69) is 86.7 Å². The van der Waals surface area contributed by atoms with Gasteiger partial charge in [0.25, 0.3) is 5.91 Å². The van der Waals surface area contributed by atoms with Crippen LogP contribution < -0.4 is 5.32 Å². The molecule has 2 fully saturated rings. The number of aromatic nitrogens is 3. The predicted molar refractivity (Wildman–Crippen MR) is 248 cm³/mol. The average Bonchev–Trinajstić information content (AvgIpc) is 3.53. The highest BCUT2D eigenvalue weighted by Crippen LogP contribution is 2.52. The molecule has 3 aromatic rings. The lowest BCUT2D eigenvalue weighted by atomic mass is 9.61. The number of hydrogen-bond acceptors (Lipinski definition) is 11. The largest absolute Gasteiger partial charge is 0.471 e. The second-order valence-electron chi connectivity index (χ2n) is 20.4. The van der Waals surface area contributed by atoms with E-state index in [1.54, 1.807) is 30.4 Å². The maximum Gasteiger partial charge on any atom is 0.471 e. The lowest BCUT2D eigenvalue weighted by Crippen LogP contribution is -2.53. The van der Waals surface area contributed by atoms with Crippen LogP contribution in [0.5, 0.6) is 0 Å². The second kappa shape index (κ2) is 20.6. The van der Waals surface area contributed by atoms with Gasteiger partial charge in [-0.2, -0.15) is 11.8 Å². The molecule has 1 N–H and O–H groups in total. The molecule has 334 valence electrons. The number of nitrogens with zero attached hydrogens (tertiary/aromatic N) is 4. The molecule has 11 nitrogen and oxygen atoms in total. The van der Waals surface area contributed by atoms with Crippen LogP contribution in [0.4, 0.5) is 0 Å². The fraction of sp³-hybridized carbons (Fsp3) is 0.638. The predicted octanol–water partition coefficient (Wildman–Crippen LogP) is 9.47. The summed E-state index contributed by atoms with van der Waals surface area (Å²) >= 11 is 1.75. The first-order chi connectivity index (χ1) is 28.5. The summed E-state index contributed by atoms with van der Waals surface area (Å²) in [6, 6.07) is 15.6. The highest BCUT2D eigenvalue weighted by atomic mass is 32.2. The number of amides is 1. The molecule has 0 radical (unpaired) electrons. The normalized spacial score (nSPS) is 21.5. The van der Waals surface area contributed by atoms with Crippen LogP contribution in [0, 0.1) is 11.3 Å². The van der Waals surface area contributed by atoms with Gasteiger partial charge in [-0.05, 0) is 119 Å². The number of thioether (sulfide) groups is 1. The Morgan fingerprint density at radius 2 is 1.56 bits per heavy atom. The van der Waals surface area contributed by atoms with Crippen molar-refractivity contribution in [3.05, 3.63) is 89.8 Å². The summed E-state index contributed by atoms with van der Waals surface area (Å²) in [6.45, 7) is 28.3. The number of hydrogen-bond donors (Lipinski definition) is 1. The van der Waals surface area contributed by atoms with Gasteiger partial charge < -0.3 is 23.8 Å². The Kier molecular flexibility index (Phi) is 16.5. The van der Waals surface area contributed by atoms with Crippen molar-refractivity contribution in [1.29, 1.82) is 0 Å². The quantitative estimate of drug-likeness (QED) is 0.0704. The summed E-state index contributed by atoms with van der Waals surface area (Å²) < 4.78 is 26.5. The van der Waals surface area contributed by atoms with E-state index in [4.69, 9.17) is 18.5 Å². The number of rotatable bonds is 19. The third kappa shape index (κ3) is 13.9. The van der Waals surface area contributed by atoms with Crippen molar-refractivity contribution in [2.45, 2.75) is 168 Å². The zero-order valence-corrected chi connectivity index (χ0v) is 40.8. The molecule has 4 heterocycles. The van der Waals surface area contributed by atoms with Crippen LogP contribution >= 0.6 is 11.8 Å². The molecule has 61 heavy (non-hydrogen) atoms. The fourth-order valence-electron chi connectivity index (χ4n) is 8.03. The summed E-state index contributed by atoms with van der Waals surface area (Å²) in [4.78, 5) is 42.6. The minimum Gasteiger partial charge on any atom is -0.460 e. The Morgan fingerprint density at radius 3 is 2.10 bits per heavy atom. The summed E-state index contributed by atoms with van der Waals surface area (Å²) in [7, 11) is -2.64. The Labute approximate surface area is 371 Å². The zero-order valence-electron chi connectivity index (χ0n) is 39.0. The number of carbonyl (C=O) groups is 2. The van der Waals surface area contributed by atoms with Gasteiger partial charge in [-0.3, -0.25) is 29.4 Å². The first kappa shape index (κ1) is 48.9. The van der Waals surface area contributed by atoms with Crippen LogP contribution in [-0.2, 0) is 42.9 Å². The minimum atomic E-state index is -2.22. The van der Waals surface area contributed by atoms with Gasteiger partial charge in [-0.15, -0.1) is 0 Å². The third-order valence-electron chi connectivity index (χ3n) is 13.0. The van der Waals surface area contributed by atoms with E-state index in [0.717, 1.165) is 36.3 Å². The van der Waals surface area contributed by atoms with Crippen LogP contribution in [0.2, 0.25) is 18.1 Å². The van der Waals surface area contributed by atoms with Crippen LogP contribution in [0.25, 0.3) is 0 Å². The van der Waals surface area contributed by atoms with Crippen LogP contribution in [0.3, 0.4) is 0 Å². The molecule has 2 aliphatic rings. The lowest BCUT2D eigenvalue weighted by Gasteiger charge is -2.49. The van der Waals surface area contributed by atoms with Crippen molar-refractivity contribution in [2.24, 2.45) is 11.3 Å². The standard InChI is InChI=1S/C47H72BN5O6SSi/c1-34-46(8,9)24-23-40-47(34,10)59-48(57-40)41(22-21-39(29-42(54)56-44(2,3)4)58-61(11,12)45(5,6)7)60-28-27-51-43(55)35-19-20-38(52-30-35)33-53(31-36-17-13-15-25-49-36)32-37-18-14-16-26-50-37/h13-20,25-26,30,34,39-41H,21-24,27-29,31-33H2,1-12H3,(H,51,55)/t34-,39?,40+,41-,47-/m0/s1. The van der Waals surface area contributed by atoms with E-state index in [1.807, 2.05) is 69.3 Å². The van der Waals surface area contributed by atoms with E-state index in [9.17, 15) is 9.59 Å². The van der Waals surface area contributed by atoms with E-state index in [0.29, 0.717) is 49.8 Å². The van der Waals surface area contributed by atoms with Crippen molar-refractivity contribution in [1.82, 2.24) is 25.2 Å². The number of esters is 1. The Morgan fingerprint density at radius 1 is 0.934 bits per heavy atom. The molecule has 0 aromatic carbocycles. The second-order valence-corrected chi connectivity index (χ2v) is 26.5. The average molecular weight is 874 g/mol. The van der Waals surface area contributed by atoms with Gasteiger partial charge >= 0.3 is 13.1 Å². The van der Waals surface area contributed by atoms with Crippen molar-refractivity contribution in [2.75, 3.05) is 12.3 Å². The van der Waals surface area contributed by atoms with Gasteiger partial charge in [-0.25, -0.2) is 0 Å². The molecule has 3 aromatic heterocycles. The Hall–Kier alpha value is -3.14. The fourth-order valence-corrected chi connectivity index (χ4v) is 10.5. The molecule has 0 spiro atoms. The topological polar surface area (TPSA) is 125 Å². The highest BCUT2D eigenvalue weighted by molar-refractivity contribution is 8.01. The highest BCUT2D eigenvalue weighted by Gasteiger charge is 2.59. The van der Waals surface area contributed by atoms with Crippen molar-refractivity contribution in [3.8, 4) is 0 Å². The van der Waals surface area contributed by atoms with Gasteiger partial charge in [0, 0.05) is 55.7 Å². The third-order valence-corrected chi connectivity index (χ3v) is 18.8. The van der Waals surface area contributed by atoms with Gasteiger partial charge in [-0.1, -0.05) is 53.7 Å². The summed E-state index contributed by atoms with van der Waals surface area (Å²) in [5.41, 5.74) is 2.45. The first-order valence-electron chi connectivity index (χ1n) is 22.1.